The summed E-state index contributed by atoms with van der Waals surface area (Å²) in [5, 5.41) is 2.44. The molecule has 1 aliphatic heterocycles. The van der Waals surface area contributed by atoms with Crippen LogP contribution >= 0.6 is 0 Å². The Balaban J connectivity index is 1.26. The van der Waals surface area contributed by atoms with Gasteiger partial charge in [-0.3, -0.25) is 4.79 Å². The number of methoxy groups -OCH3 is 1. The van der Waals surface area contributed by atoms with Crippen LogP contribution < -0.4 is 19.9 Å². The van der Waals surface area contributed by atoms with Crippen molar-refractivity contribution >= 4 is 23.1 Å². The van der Waals surface area contributed by atoms with Gasteiger partial charge in [0, 0.05) is 31.7 Å². The van der Waals surface area contributed by atoms with Crippen LogP contribution in [0.3, 0.4) is 0 Å². The highest BCUT2D eigenvalue weighted by Gasteiger charge is 2.42. The number of piperazine rings is 1. The number of halogens is 3. The number of hydrogen-bond acceptors (Lipinski definition) is 7. The minimum absolute atomic E-state index is 0.240. The summed E-state index contributed by atoms with van der Waals surface area (Å²) in [5.74, 6) is -1.26. The molecule has 2 aromatic heterocycles. The van der Waals surface area contributed by atoms with Crippen LogP contribution in [0.15, 0.2) is 77.3 Å². The molecule has 196 valence electrons. The first kappa shape index (κ1) is 25.1. The molecule has 4 aromatic rings. The Bertz CT molecular complexity index is 1400. The maximum atomic E-state index is 13.6. The van der Waals surface area contributed by atoms with E-state index in [9.17, 15) is 18.0 Å². The van der Waals surface area contributed by atoms with E-state index < -0.39 is 23.5 Å². The zero-order chi connectivity index (χ0) is 26.7. The highest BCUT2D eigenvalue weighted by Crippen LogP contribution is 2.35. The molecule has 38 heavy (non-hydrogen) atoms. The summed E-state index contributed by atoms with van der Waals surface area (Å²) in [6, 6.07) is 19.2. The number of carbonyl (C=O) groups excluding carboxylic acids is 1. The van der Waals surface area contributed by atoms with E-state index in [1.807, 2.05) is 24.3 Å². The number of nitrogens with zero attached hydrogens (tertiary/aromatic N) is 4. The molecule has 3 heterocycles. The van der Waals surface area contributed by atoms with Crippen molar-refractivity contribution in [1.29, 1.82) is 0 Å². The highest BCUT2D eigenvalue weighted by atomic mass is 19.4. The lowest BCUT2D eigenvalue weighted by atomic mass is 10.2. The largest absolute Gasteiger partial charge is 0.495 e. The van der Waals surface area contributed by atoms with Gasteiger partial charge < -0.3 is 24.3 Å². The second-order valence-electron chi connectivity index (χ2n) is 8.57. The fourth-order valence-electron chi connectivity index (χ4n) is 4.28. The summed E-state index contributed by atoms with van der Waals surface area (Å²) in [4.78, 5) is 25.3. The number of oxazole rings is 1. The van der Waals surface area contributed by atoms with Gasteiger partial charge in [0.25, 0.3) is 5.91 Å². The van der Waals surface area contributed by atoms with Crippen molar-refractivity contribution < 1.29 is 27.1 Å². The number of pyridine rings is 1. The Hall–Kier alpha value is -4.54. The van der Waals surface area contributed by atoms with E-state index in [0.29, 0.717) is 24.5 Å². The monoisotopic (exact) mass is 523 g/mol. The molecule has 0 atom stereocenters. The van der Waals surface area contributed by atoms with Crippen LogP contribution in [0.2, 0.25) is 0 Å². The molecule has 1 aliphatic rings. The van der Waals surface area contributed by atoms with Crippen LogP contribution in [0, 0.1) is 0 Å². The molecule has 0 spiro atoms. The third kappa shape index (κ3) is 5.26. The molecule has 0 radical (unpaired) electrons. The average molecular weight is 524 g/mol. The van der Waals surface area contributed by atoms with Crippen LogP contribution in [-0.2, 0) is 6.18 Å². The van der Waals surface area contributed by atoms with Crippen molar-refractivity contribution in [2.75, 3.05) is 48.4 Å². The summed E-state index contributed by atoms with van der Waals surface area (Å²) in [6.45, 7) is 2.95. The minimum atomic E-state index is -4.89. The van der Waals surface area contributed by atoms with E-state index in [2.05, 4.69) is 25.1 Å². The van der Waals surface area contributed by atoms with Crippen molar-refractivity contribution in [3.05, 3.63) is 84.4 Å². The third-order valence-electron chi connectivity index (χ3n) is 6.16. The van der Waals surface area contributed by atoms with E-state index in [-0.39, 0.29) is 11.6 Å². The molecular weight excluding hydrogens is 499 g/mol. The maximum absolute atomic E-state index is 13.6. The Labute approximate surface area is 216 Å². The molecule has 2 aromatic carbocycles. The molecule has 11 heteroatoms. The number of amides is 1. The van der Waals surface area contributed by atoms with Gasteiger partial charge in [0.2, 0.25) is 11.7 Å². The number of aromatic nitrogens is 2. The first-order valence-electron chi connectivity index (χ1n) is 11.9. The van der Waals surface area contributed by atoms with Crippen LogP contribution in [0.4, 0.5) is 30.4 Å². The van der Waals surface area contributed by atoms with Crippen LogP contribution in [0.5, 0.6) is 5.75 Å². The molecule has 8 nitrogen and oxygen atoms in total. The van der Waals surface area contributed by atoms with E-state index in [1.54, 1.807) is 49.6 Å². The van der Waals surface area contributed by atoms with E-state index in [0.717, 1.165) is 24.5 Å². The number of carbonyl (C=O) groups is 1. The fourth-order valence-corrected chi connectivity index (χ4v) is 4.28. The quantitative estimate of drug-likeness (QED) is 0.365. The molecule has 1 saturated heterocycles. The molecule has 1 amide bonds. The molecule has 0 aliphatic carbocycles. The minimum Gasteiger partial charge on any atom is -0.495 e. The van der Waals surface area contributed by atoms with E-state index in [1.165, 1.54) is 6.20 Å². The van der Waals surface area contributed by atoms with Gasteiger partial charge in [-0.05, 0) is 36.4 Å². The lowest BCUT2D eigenvalue weighted by Gasteiger charge is -2.37. The van der Waals surface area contributed by atoms with E-state index in [4.69, 9.17) is 9.15 Å². The average Bonchev–Trinajstić information content (AvgIpc) is 3.41. The topological polar surface area (TPSA) is 83.7 Å². The smallest absolute Gasteiger partial charge is 0.452 e. The molecule has 0 bridgehead atoms. The standard InChI is InChI=1S/C27H24F3N5O3/c1-37-21-10-6-5-9-20(21)34-13-15-35(16-14-34)22-12-11-19(17-31-22)32-25(36)23-24(27(28,29)30)38-26(33-23)18-7-3-2-4-8-18/h2-12,17H,13-16H2,1H3,(H,32,36). The summed E-state index contributed by atoms with van der Waals surface area (Å²) in [6.07, 6.45) is -3.48. The zero-order valence-corrected chi connectivity index (χ0v) is 20.4. The van der Waals surface area contributed by atoms with Crippen LogP contribution in [-0.4, -0.2) is 49.2 Å². The number of alkyl halides is 3. The van der Waals surface area contributed by atoms with Crippen LogP contribution in [0.25, 0.3) is 11.5 Å². The van der Waals surface area contributed by atoms with Crippen LogP contribution in [0.1, 0.15) is 16.2 Å². The Morgan fingerprint density at radius 1 is 0.947 bits per heavy atom. The lowest BCUT2D eigenvalue weighted by Crippen LogP contribution is -2.46. The Morgan fingerprint density at radius 2 is 1.63 bits per heavy atom. The Kier molecular flexibility index (Phi) is 6.91. The van der Waals surface area contributed by atoms with Gasteiger partial charge in [0.1, 0.15) is 11.6 Å². The van der Waals surface area contributed by atoms with Crippen molar-refractivity contribution in [1.82, 2.24) is 9.97 Å². The van der Waals surface area contributed by atoms with Crippen molar-refractivity contribution in [2.24, 2.45) is 0 Å². The molecule has 0 saturated carbocycles. The van der Waals surface area contributed by atoms with Crippen molar-refractivity contribution in [3.8, 4) is 17.2 Å². The number of anilines is 3. The van der Waals surface area contributed by atoms with Crippen molar-refractivity contribution in [3.63, 3.8) is 0 Å². The lowest BCUT2D eigenvalue weighted by molar-refractivity contribution is -0.153. The molecule has 5 rings (SSSR count). The predicted octanol–water partition coefficient (Wildman–Crippen LogP) is 5.34. The number of ether oxygens (including phenoxy) is 1. The number of benzene rings is 2. The normalized spacial score (nSPS) is 13.9. The molecular formula is C27H24F3N5O3. The second kappa shape index (κ2) is 10.4. The fraction of sp³-hybridized carbons (Fsp3) is 0.222. The van der Waals surface area contributed by atoms with Gasteiger partial charge in [-0.25, -0.2) is 9.97 Å². The summed E-state index contributed by atoms with van der Waals surface area (Å²) in [5.41, 5.74) is 0.757. The van der Waals surface area contributed by atoms with Crippen molar-refractivity contribution in [2.45, 2.75) is 6.18 Å². The number of rotatable bonds is 6. The van der Waals surface area contributed by atoms with Gasteiger partial charge in [-0.2, -0.15) is 13.2 Å². The zero-order valence-electron chi connectivity index (χ0n) is 20.4. The number of hydrogen-bond donors (Lipinski definition) is 1. The summed E-state index contributed by atoms with van der Waals surface area (Å²) < 4.78 is 51.1. The summed E-state index contributed by atoms with van der Waals surface area (Å²) >= 11 is 0. The van der Waals surface area contributed by atoms with Gasteiger partial charge >= 0.3 is 6.18 Å². The first-order valence-corrected chi connectivity index (χ1v) is 11.9. The number of para-hydroxylation sites is 2. The predicted molar refractivity (Wildman–Crippen MR) is 137 cm³/mol. The molecule has 1 N–H and O–H groups in total. The first-order chi connectivity index (χ1) is 18.3. The highest BCUT2D eigenvalue weighted by molar-refractivity contribution is 6.04. The van der Waals surface area contributed by atoms with Gasteiger partial charge in [-0.15, -0.1) is 0 Å². The molecule has 0 unspecified atom stereocenters. The van der Waals surface area contributed by atoms with Gasteiger partial charge in [0.05, 0.1) is 24.7 Å². The summed E-state index contributed by atoms with van der Waals surface area (Å²) in [7, 11) is 1.65. The number of nitrogens with one attached hydrogen (secondary N) is 1. The Morgan fingerprint density at radius 3 is 2.29 bits per heavy atom. The SMILES string of the molecule is COc1ccccc1N1CCN(c2ccc(NC(=O)c3nc(-c4ccccc4)oc3C(F)(F)F)cn2)CC1. The second-order valence-corrected chi connectivity index (χ2v) is 8.57. The van der Waals surface area contributed by atoms with Gasteiger partial charge in [-0.1, -0.05) is 30.3 Å². The molecule has 1 fully saturated rings. The third-order valence-corrected chi connectivity index (χ3v) is 6.16. The van der Waals surface area contributed by atoms with E-state index >= 15 is 0 Å². The maximum Gasteiger partial charge on any atom is 0.452 e. The van der Waals surface area contributed by atoms with Gasteiger partial charge in [0.15, 0.2) is 5.69 Å².